The van der Waals surface area contributed by atoms with Crippen LogP contribution >= 0.6 is 0 Å². The van der Waals surface area contributed by atoms with E-state index in [1.54, 1.807) is 18.3 Å². The monoisotopic (exact) mass is 297 g/mol. The number of hydrogen-bond acceptors (Lipinski definition) is 4. The first-order valence-electron chi connectivity index (χ1n) is 7.00. The van der Waals surface area contributed by atoms with Gasteiger partial charge in [0.2, 0.25) is 0 Å². The van der Waals surface area contributed by atoms with Crippen LogP contribution in [0.5, 0.6) is 0 Å². The predicted molar refractivity (Wildman–Crippen MR) is 78.7 cm³/mol. The molecule has 0 radical (unpaired) electrons. The lowest BCUT2D eigenvalue weighted by Crippen LogP contribution is -2.27. The Balaban J connectivity index is 1.95. The smallest absolute Gasteiger partial charge is 0.258 e. The second-order valence-corrected chi connectivity index (χ2v) is 7.74. The van der Waals surface area contributed by atoms with E-state index in [2.05, 4.69) is 28.9 Å². The molecule has 1 unspecified atom stereocenters. The molecule has 1 aliphatic carbocycles. The fraction of sp³-hybridized carbons (Fsp3) is 0.643. The quantitative estimate of drug-likeness (QED) is 0.800. The van der Waals surface area contributed by atoms with Crippen LogP contribution in [-0.2, 0) is 16.6 Å². The van der Waals surface area contributed by atoms with Crippen LogP contribution in [0.3, 0.4) is 0 Å². The lowest BCUT2D eigenvalue weighted by Gasteiger charge is -2.08. The molecule has 112 valence electrons. The third-order valence-corrected chi connectivity index (χ3v) is 5.23. The van der Waals surface area contributed by atoms with Crippen molar-refractivity contribution >= 4 is 10.0 Å². The van der Waals surface area contributed by atoms with E-state index in [0.29, 0.717) is 19.0 Å². The third-order valence-electron chi connectivity index (χ3n) is 3.89. The zero-order valence-corrected chi connectivity index (χ0v) is 13.1. The molecule has 1 saturated carbocycles. The summed E-state index contributed by atoms with van der Waals surface area (Å²) >= 11 is 0. The predicted octanol–water partition coefficient (Wildman–Crippen LogP) is 1.52. The van der Waals surface area contributed by atoms with Crippen LogP contribution in [0.1, 0.15) is 32.8 Å². The minimum Gasteiger partial charge on any atom is -0.313 e. The topological polar surface area (TPSA) is 71.1 Å². The number of hydrogen-bond donors (Lipinski definition) is 2. The summed E-state index contributed by atoms with van der Waals surface area (Å²) in [5.74, 6) is 0.435. The summed E-state index contributed by atoms with van der Waals surface area (Å²) in [6, 6.07) is 3.36. The van der Waals surface area contributed by atoms with Crippen molar-refractivity contribution in [2.45, 2.75) is 38.8 Å². The van der Waals surface area contributed by atoms with E-state index >= 15 is 0 Å². The SMILES string of the molecule is CCNCc1ccc(S(=O)(=O)NCC2CC2(C)C)nc1. The maximum atomic E-state index is 12.1. The highest BCUT2D eigenvalue weighted by Gasteiger charge is 2.45. The molecule has 20 heavy (non-hydrogen) atoms. The summed E-state index contributed by atoms with van der Waals surface area (Å²) in [5, 5.41) is 3.27. The van der Waals surface area contributed by atoms with Gasteiger partial charge in [0, 0.05) is 19.3 Å². The highest BCUT2D eigenvalue weighted by Crippen LogP contribution is 2.51. The molecule has 2 rings (SSSR count). The highest BCUT2D eigenvalue weighted by molar-refractivity contribution is 7.89. The van der Waals surface area contributed by atoms with Gasteiger partial charge in [0.1, 0.15) is 0 Å². The number of rotatable bonds is 7. The van der Waals surface area contributed by atoms with Crippen molar-refractivity contribution in [3.8, 4) is 0 Å². The molecule has 1 aromatic heterocycles. The average molecular weight is 297 g/mol. The van der Waals surface area contributed by atoms with Crippen molar-refractivity contribution in [3.05, 3.63) is 23.9 Å². The normalized spacial score (nSPS) is 20.9. The van der Waals surface area contributed by atoms with Crippen LogP contribution in [-0.4, -0.2) is 26.5 Å². The Morgan fingerprint density at radius 3 is 2.60 bits per heavy atom. The van der Waals surface area contributed by atoms with Gasteiger partial charge in [-0.1, -0.05) is 26.8 Å². The van der Waals surface area contributed by atoms with Gasteiger partial charge in [0.15, 0.2) is 5.03 Å². The Bertz CT molecular complexity index is 552. The molecule has 6 heteroatoms. The Morgan fingerprint density at radius 2 is 2.10 bits per heavy atom. The third kappa shape index (κ3) is 3.77. The second kappa shape index (κ2) is 5.79. The molecule has 1 aliphatic rings. The van der Waals surface area contributed by atoms with E-state index in [9.17, 15) is 8.42 Å². The van der Waals surface area contributed by atoms with Crippen LogP contribution in [0.25, 0.3) is 0 Å². The first-order valence-corrected chi connectivity index (χ1v) is 8.49. The summed E-state index contributed by atoms with van der Waals surface area (Å²) in [7, 11) is -3.48. The summed E-state index contributed by atoms with van der Waals surface area (Å²) in [5.41, 5.74) is 1.25. The number of sulfonamides is 1. The van der Waals surface area contributed by atoms with Crippen LogP contribution in [0.15, 0.2) is 23.4 Å². The van der Waals surface area contributed by atoms with Crippen molar-refractivity contribution in [2.24, 2.45) is 11.3 Å². The van der Waals surface area contributed by atoms with E-state index in [1.807, 2.05) is 6.92 Å². The largest absolute Gasteiger partial charge is 0.313 e. The van der Waals surface area contributed by atoms with Gasteiger partial charge in [-0.2, -0.15) is 0 Å². The molecule has 0 aliphatic heterocycles. The molecular weight excluding hydrogens is 274 g/mol. The van der Waals surface area contributed by atoms with Crippen LogP contribution in [0, 0.1) is 11.3 Å². The molecule has 0 aromatic carbocycles. The molecule has 1 atom stereocenters. The van der Waals surface area contributed by atoms with Gasteiger partial charge in [-0.05, 0) is 35.9 Å². The molecular formula is C14H23N3O2S. The second-order valence-electron chi connectivity index (χ2n) is 6.03. The highest BCUT2D eigenvalue weighted by atomic mass is 32.2. The molecule has 0 amide bonds. The van der Waals surface area contributed by atoms with Crippen LogP contribution in [0.4, 0.5) is 0 Å². The van der Waals surface area contributed by atoms with Crippen LogP contribution in [0.2, 0.25) is 0 Å². The van der Waals surface area contributed by atoms with Crippen molar-refractivity contribution < 1.29 is 8.42 Å². The maximum absolute atomic E-state index is 12.1. The van der Waals surface area contributed by atoms with Gasteiger partial charge in [0.25, 0.3) is 10.0 Å². The maximum Gasteiger partial charge on any atom is 0.258 e. The molecule has 5 nitrogen and oxygen atoms in total. The Kier molecular flexibility index (Phi) is 4.46. The lowest BCUT2D eigenvalue weighted by atomic mass is 10.1. The molecule has 2 N–H and O–H groups in total. The van der Waals surface area contributed by atoms with E-state index < -0.39 is 10.0 Å². The Labute approximate surface area is 121 Å². The Morgan fingerprint density at radius 1 is 1.40 bits per heavy atom. The van der Waals surface area contributed by atoms with Gasteiger partial charge in [0.05, 0.1) is 0 Å². The molecule has 1 aromatic rings. The van der Waals surface area contributed by atoms with Gasteiger partial charge in [-0.3, -0.25) is 0 Å². The number of aromatic nitrogens is 1. The first-order chi connectivity index (χ1) is 9.35. The van der Waals surface area contributed by atoms with E-state index in [-0.39, 0.29) is 10.4 Å². The van der Waals surface area contributed by atoms with Crippen molar-refractivity contribution in [3.63, 3.8) is 0 Å². The molecule has 0 saturated heterocycles. The minimum atomic E-state index is -3.48. The molecule has 1 heterocycles. The lowest BCUT2D eigenvalue weighted by molar-refractivity contribution is 0.536. The molecule has 0 bridgehead atoms. The number of nitrogens with zero attached hydrogens (tertiary/aromatic N) is 1. The van der Waals surface area contributed by atoms with Crippen molar-refractivity contribution in [1.29, 1.82) is 0 Å². The zero-order valence-electron chi connectivity index (χ0n) is 12.3. The molecule has 0 spiro atoms. The van der Waals surface area contributed by atoms with Gasteiger partial charge >= 0.3 is 0 Å². The fourth-order valence-electron chi connectivity index (χ4n) is 2.15. The van der Waals surface area contributed by atoms with E-state index in [0.717, 1.165) is 18.5 Å². The molecule has 1 fully saturated rings. The summed E-state index contributed by atoms with van der Waals surface area (Å²) < 4.78 is 26.9. The number of nitrogens with one attached hydrogen (secondary N) is 2. The first kappa shape index (κ1) is 15.4. The average Bonchev–Trinajstić information content (AvgIpc) is 3.02. The van der Waals surface area contributed by atoms with Gasteiger partial charge in [-0.15, -0.1) is 0 Å². The standard InChI is InChI=1S/C14H23N3O2S/c1-4-15-8-11-5-6-13(16-9-11)20(18,19)17-10-12-7-14(12,2)3/h5-6,9,12,15,17H,4,7-8,10H2,1-3H3. The fourth-order valence-corrected chi connectivity index (χ4v) is 3.16. The minimum absolute atomic E-state index is 0.0937. The van der Waals surface area contributed by atoms with Gasteiger partial charge in [-0.25, -0.2) is 18.1 Å². The van der Waals surface area contributed by atoms with Crippen molar-refractivity contribution in [2.75, 3.05) is 13.1 Å². The summed E-state index contributed by atoms with van der Waals surface area (Å²) in [4.78, 5) is 4.05. The van der Waals surface area contributed by atoms with Gasteiger partial charge < -0.3 is 5.32 Å². The number of pyridine rings is 1. The summed E-state index contributed by atoms with van der Waals surface area (Å²) in [6.07, 6.45) is 2.68. The van der Waals surface area contributed by atoms with Crippen molar-refractivity contribution in [1.82, 2.24) is 15.0 Å². The summed E-state index contributed by atoms with van der Waals surface area (Å²) in [6.45, 7) is 8.40. The zero-order chi connectivity index (χ0) is 14.8. The Hall–Kier alpha value is -0.980. The van der Waals surface area contributed by atoms with E-state index in [1.165, 1.54) is 0 Å². The van der Waals surface area contributed by atoms with Crippen LogP contribution < -0.4 is 10.0 Å². The van der Waals surface area contributed by atoms with E-state index in [4.69, 9.17) is 0 Å².